The highest BCUT2D eigenvalue weighted by molar-refractivity contribution is 5.72. The Morgan fingerprint density at radius 1 is 1.24 bits per heavy atom. The van der Waals surface area contributed by atoms with E-state index in [4.69, 9.17) is 5.84 Å². The van der Waals surface area contributed by atoms with Crippen LogP contribution in [0.5, 0.6) is 0 Å². The maximum Gasteiger partial charge on any atom is 0.216 e. The zero-order valence-electron chi connectivity index (χ0n) is 10.3. The Balaban J connectivity index is 2.64. The Morgan fingerprint density at radius 3 is 2.47 bits per heavy atom. The van der Waals surface area contributed by atoms with Crippen molar-refractivity contribution in [1.29, 1.82) is 0 Å². The Labute approximate surface area is 100 Å². The molecule has 0 aliphatic rings. The Bertz CT molecular complexity index is 406. The average molecular weight is 238 g/mol. The van der Waals surface area contributed by atoms with Gasteiger partial charge < -0.3 is 16.1 Å². The van der Waals surface area contributed by atoms with Gasteiger partial charge in [-0.05, 0) is 13.8 Å². The topological polar surface area (TPSA) is 105 Å². The number of nitrogen functional groups attached to an aromatic ring is 1. The summed E-state index contributed by atoms with van der Waals surface area (Å²) in [5.41, 5.74) is 3.37. The molecule has 0 aliphatic carbocycles. The van der Waals surface area contributed by atoms with Crippen LogP contribution in [0.4, 0.5) is 11.6 Å². The van der Waals surface area contributed by atoms with Gasteiger partial charge in [0.2, 0.25) is 5.91 Å². The van der Waals surface area contributed by atoms with Gasteiger partial charge in [-0.15, -0.1) is 0 Å². The van der Waals surface area contributed by atoms with Crippen LogP contribution in [-0.2, 0) is 4.79 Å². The number of hydrogen-bond donors (Lipinski definition) is 4. The molecular weight excluding hydrogens is 220 g/mol. The van der Waals surface area contributed by atoms with Crippen molar-refractivity contribution < 1.29 is 4.79 Å². The highest BCUT2D eigenvalue weighted by Crippen LogP contribution is 2.18. The molecule has 0 aliphatic heterocycles. The summed E-state index contributed by atoms with van der Waals surface area (Å²) in [6, 6.07) is 0. The van der Waals surface area contributed by atoms with Crippen molar-refractivity contribution in [2.45, 2.75) is 20.8 Å². The predicted molar refractivity (Wildman–Crippen MR) is 66.5 cm³/mol. The van der Waals surface area contributed by atoms with Gasteiger partial charge in [-0.3, -0.25) is 4.79 Å². The zero-order chi connectivity index (χ0) is 12.8. The number of rotatable bonds is 5. The van der Waals surface area contributed by atoms with Gasteiger partial charge in [0, 0.05) is 25.6 Å². The summed E-state index contributed by atoms with van der Waals surface area (Å²) in [7, 11) is 0. The molecule has 94 valence electrons. The number of nitrogens with zero attached hydrogens (tertiary/aromatic N) is 2. The molecule has 5 N–H and O–H groups in total. The normalized spacial score (nSPS) is 9.88. The first kappa shape index (κ1) is 13.2. The van der Waals surface area contributed by atoms with Crippen LogP contribution in [0.25, 0.3) is 0 Å². The van der Waals surface area contributed by atoms with Gasteiger partial charge in [-0.2, -0.15) is 0 Å². The Kier molecular flexibility index (Phi) is 4.65. The molecule has 1 aromatic rings. The van der Waals surface area contributed by atoms with E-state index in [-0.39, 0.29) is 5.91 Å². The van der Waals surface area contributed by atoms with E-state index in [0.29, 0.717) is 24.7 Å². The van der Waals surface area contributed by atoms with Crippen LogP contribution in [0.3, 0.4) is 0 Å². The van der Waals surface area contributed by atoms with Gasteiger partial charge >= 0.3 is 0 Å². The number of carbonyl (C=O) groups is 1. The van der Waals surface area contributed by atoms with E-state index in [1.54, 1.807) is 6.92 Å². The molecule has 0 spiro atoms. The minimum absolute atomic E-state index is 0.0493. The maximum absolute atomic E-state index is 10.7. The van der Waals surface area contributed by atoms with Gasteiger partial charge in [0.25, 0.3) is 0 Å². The molecule has 1 heterocycles. The minimum Gasteiger partial charge on any atom is -0.368 e. The molecular formula is C10H18N6O. The first-order chi connectivity index (χ1) is 8.04. The summed E-state index contributed by atoms with van der Waals surface area (Å²) >= 11 is 0. The highest BCUT2D eigenvalue weighted by atomic mass is 16.1. The summed E-state index contributed by atoms with van der Waals surface area (Å²) in [4.78, 5) is 19.1. The fraction of sp³-hybridized carbons (Fsp3) is 0.500. The summed E-state index contributed by atoms with van der Waals surface area (Å²) in [6.45, 7) is 6.29. The molecule has 0 atom stereocenters. The predicted octanol–water partition coefficient (Wildman–Crippen LogP) is -0.0730. The number of nitrogens with one attached hydrogen (secondary N) is 3. The SMILES string of the molecule is CC(=O)NCCNc1nc(C)nc(NN)c1C. The van der Waals surface area contributed by atoms with Crippen LogP contribution >= 0.6 is 0 Å². The molecule has 0 fully saturated rings. The summed E-state index contributed by atoms with van der Waals surface area (Å²) in [6.07, 6.45) is 0. The highest BCUT2D eigenvalue weighted by Gasteiger charge is 2.07. The van der Waals surface area contributed by atoms with Crippen LogP contribution in [0, 0.1) is 13.8 Å². The first-order valence-corrected chi connectivity index (χ1v) is 5.34. The summed E-state index contributed by atoms with van der Waals surface area (Å²) in [5, 5.41) is 5.82. The summed E-state index contributed by atoms with van der Waals surface area (Å²) < 4.78 is 0. The van der Waals surface area contributed by atoms with Crippen molar-refractivity contribution in [3.05, 3.63) is 11.4 Å². The smallest absolute Gasteiger partial charge is 0.216 e. The molecule has 7 heteroatoms. The number of carbonyl (C=O) groups excluding carboxylic acids is 1. The molecule has 0 saturated carbocycles. The monoisotopic (exact) mass is 238 g/mol. The lowest BCUT2D eigenvalue weighted by Crippen LogP contribution is -2.27. The fourth-order valence-corrected chi connectivity index (χ4v) is 1.36. The van der Waals surface area contributed by atoms with Crippen molar-refractivity contribution in [2.75, 3.05) is 23.8 Å². The molecule has 1 aromatic heterocycles. The largest absolute Gasteiger partial charge is 0.368 e. The minimum atomic E-state index is -0.0493. The lowest BCUT2D eigenvalue weighted by atomic mass is 10.3. The standard InChI is InChI=1S/C10H18N6O/c1-6-9(13-5-4-12-8(3)17)14-7(2)15-10(6)16-11/h4-5,11H2,1-3H3,(H,12,17)(H2,13,14,15,16). The van der Waals surface area contributed by atoms with Gasteiger partial charge in [0.1, 0.15) is 17.5 Å². The van der Waals surface area contributed by atoms with Crippen LogP contribution in [0.1, 0.15) is 18.3 Å². The molecule has 1 amide bonds. The third-order valence-corrected chi connectivity index (χ3v) is 2.19. The molecule has 1 rings (SSSR count). The molecule has 0 bridgehead atoms. The maximum atomic E-state index is 10.7. The number of hydrogen-bond acceptors (Lipinski definition) is 6. The van der Waals surface area contributed by atoms with Crippen molar-refractivity contribution >= 4 is 17.5 Å². The van der Waals surface area contributed by atoms with E-state index in [0.717, 1.165) is 11.4 Å². The molecule has 7 nitrogen and oxygen atoms in total. The van der Waals surface area contributed by atoms with Gasteiger partial charge in [0.05, 0.1) is 0 Å². The van der Waals surface area contributed by atoms with E-state index in [1.807, 2.05) is 6.92 Å². The van der Waals surface area contributed by atoms with Crippen LogP contribution in [0.2, 0.25) is 0 Å². The quantitative estimate of drug-likeness (QED) is 0.325. The van der Waals surface area contributed by atoms with Crippen LogP contribution in [0.15, 0.2) is 0 Å². The van der Waals surface area contributed by atoms with E-state index in [2.05, 4.69) is 26.0 Å². The van der Waals surface area contributed by atoms with Crippen molar-refractivity contribution in [3.8, 4) is 0 Å². The average Bonchev–Trinajstić information content (AvgIpc) is 2.28. The van der Waals surface area contributed by atoms with E-state index >= 15 is 0 Å². The molecule has 0 aromatic carbocycles. The number of amides is 1. The number of aryl methyl sites for hydroxylation is 1. The van der Waals surface area contributed by atoms with Gasteiger partial charge in [-0.25, -0.2) is 15.8 Å². The van der Waals surface area contributed by atoms with Gasteiger partial charge in [0.15, 0.2) is 0 Å². The second kappa shape index (κ2) is 6.00. The number of hydrazine groups is 1. The lowest BCUT2D eigenvalue weighted by Gasteiger charge is -2.12. The third kappa shape index (κ3) is 3.87. The summed E-state index contributed by atoms with van der Waals surface area (Å²) in [5.74, 6) is 7.25. The second-order valence-corrected chi connectivity index (χ2v) is 3.65. The third-order valence-electron chi connectivity index (χ3n) is 2.19. The lowest BCUT2D eigenvalue weighted by molar-refractivity contribution is -0.118. The van der Waals surface area contributed by atoms with Crippen molar-refractivity contribution in [1.82, 2.24) is 15.3 Å². The number of nitrogens with two attached hydrogens (primary N) is 1. The fourth-order valence-electron chi connectivity index (χ4n) is 1.36. The van der Waals surface area contributed by atoms with Crippen molar-refractivity contribution in [3.63, 3.8) is 0 Å². The van der Waals surface area contributed by atoms with Gasteiger partial charge in [-0.1, -0.05) is 0 Å². The second-order valence-electron chi connectivity index (χ2n) is 3.65. The van der Waals surface area contributed by atoms with E-state index in [1.165, 1.54) is 6.92 Å². The molecule has 0 radical (unpaired) electrons. The zero-order valence-corrected chi connectivity index (χ0v) is 10.3. The van der Waals surface area contributed by atoms with E-state index in [9.17, 15) is 4.79 Å². The molecule has 17 heavy (non-hydrogen) atoms. The Hall–Kier alpha value is -1.89. The molecule has 0 saturated heterocycles. The van der Waals surface area contributed by atoms with Crippen LogP contribution in [-0.4, -0.2) is 29.0 Å². The van der Waals surface area contributed by atoms with Crippen LogP contribution < -0.4 is 21.9 Å². The van der Waals surface area contributed by atoms with Crippen molar-refractivity contribution in [2.24, 2.45) is 5.84 Å². The number of aromatic nitrogens is 2. The Morgan fingerprint density at radius 2 is 1.88 bits per heavy atom. The molecule has 0 unspecified atom stereocenters. The van der Waals surface area contributed by atoms with E-state index < -0.39 is 0 Å². The number of anilines is 2. The first-order valence-electron chi connectivity index (χ1n) is 5.34.